The third-order valence-corrected chi connectivity index (χ3v) is 2.72. The van der Waals surface area contributed by atoms with E-state index in [0.717, 1.165) is 6.42 Å². The van der Waals surface area contributed by atoms with Gasteiger partial charge in [0.25, 0.3) is 10.1 Å². The van der Waals surface area contributed by atoms with Crippen LogP contribution in [0.2, 0.25) is 0 Å². The quantitative estimate of drug-likeness (QED) is 0.529. The van der Waals surface area contributed by atoms with Crippen molar-refractivity contribution < 1.29 is 44.0 Å². The Morgan fingerprint density at radius 3 is 2.43 bits per heavy atom. The van der Waals surface area contributed by atoms with E-state index in [1.165, 1.54) is 6.07 Å². The first kappa shape index (κ1) is 14.1. The maximum Gasteiger partial charge on any atom is 1.00 e. The van der Waals surface area contributed by atoms with Gasteiger partial charge in [0, 0.05) is 0 Å². The SMILES string of the molecule is CCCc1ccccc1S(=O)(=O)O.[H-].[Na+]. The average molecular weight is 224 g/mol. The van der Waals surface area contributed by atoms with Gasteiger partial charge >= 0.3 is 29.6 Å². The van der Waals surface area contributed by atoms with Crippen LogP contribution in [-0.2, 0) is 16.5 Å². The Balaban J connectivity index is 0. The van der Waals surface area contributed by atoms with E-state index in [9.17, 15) is 8.42 Å². The molecular formula is C9H13NaO3S. The molecule has 0 fully saturated rings. The Hall–Kier alpha value is 0.130. The normalized spacial score (nSPS) is 10.7. The molecule has 1 aromatic rings. The van der Waals surface area contributed by atoms with Crippen LogP contribution in [0.25, 0.3) is 0 Å². The second-order valence-electron chi connectivity index (χ2n) is 2.83. The Bertz CT molecular complexity index is 392. The van der Waals surface area contributed by atoms with E-state index in [1.807, 2.05) is 6.92 Å². The molecule has 0 amide bonds. The minimum absolute atomic E-state index is 0. The molecule has 0 unspecified atom stereocenters. The van der Waals surface area contributed by atoms with Crippen LogP contribution in [-0.4, -0.2) is 13.0 Å². The van der Waals surface area contributed by atoms with Crippen LogP contribution in [0.4, 0.5) is 0 Å². The van der Waals surface area contributed by atoms with Crippen molar-refractivity contribution in [3.8, 4) is 0 Å². The largest absolute Gasteiger partial charge is 1.00 e. The van der Waals surface area contributed by atoms with Crippen LogP contribution in [0.15, 0.2) is 29.2 Å². The number of benzene rings is 1. The van der Waals surface area contributed by atoms with Gasteiger partial charge in [0.05, 0.1) is 4.90 Å². The van der Waals surface area contributed by atoms with Gasteiger partial charge in [-0.25, -0.2) is 0 Å². The summed E-state index contributed by atoms with van der Waals surface area (Å²) in [7, 11) is -4.06. The maximum atomic E-state index is 10.9. The molecule has 3 nitrogen and oxygen atoms in total. The van der Waals surface area contributed by atoms with Crippen LogP contribution in [0.3, 0.4) is 0 Å². The van der Waals surface area contributed by atoms with E-state index in [1.54, 1.807) is 18.2 Å². The fraction of sp³-hybridized carbons (Fsp3) is 0.333. The summed E-state index contributed by atoms with van der Waals surface area (Å²) in [6, 6.07) is 6.49. The molecule has 1 rings (SSSR count). The molecule has 5 heteroatoms. The maximum absolute atomic E-state index is 10.9. The summed E-state index contributed by atoms with van der Waals surface area (Å²) >= 11 is 0. The molecule has 0 aliphatic carbocycles. The third kappa shape index (κ3) is 3.71. The summed E-state index contributed by atoms with van der Waals surface area (Å²) in [5.74, 6) is 0. The van der Waals surface area contributed by atoms with Gasteiger partial charge in [0.2, 0.25) is 0 Å². The molecule has 0 aliphatic rings. The molecule has 0 atom stereocenters. The van der Waals surface area contributed by atoms with Gasteiger partial charge in [0.1, 0.15) is 0 Å². The molecule has 1 aromatic carbocycles. The van der Waals surface area contributed by atoms with Gasteiger partial charge in [-0.1, -0.05) is 31.5 Å². The molecule has 0 aromatic heterocycles. The molecule has 0 bridgehead atoms. The first-order valence-corrected chi connectivity index (χ1v) is 5.55. The zero-order valence-electron chi connectivity index (χ0n) is 9.40. The summed E-state index contributed by atoms with van der Waals surface area (Å²) in [4.78, 5) is 0.0249. The summed E-state index contributed by atoms with van der Waals surface area (Å²) in [6.07, 6.45) is 1.52. The van der Waals surface area contributed by atoms with Crippen LogP contribution in [0.1, 0.15) is 20.3 Å². The molecular weight excluding hydrogens is 211 g/mol. The van der Waals surface area contributed by atoms with Crippen molar-refractivity contribution in [2.75, 3.05) is 0 Å². The number of hydrogen-bond donors (Lipinski definition) is 1. The van der Waals surface area contributed by atoms with Gasteiger partial charge in [-0.3, -0.25) is 4.55 Å². The van der Waals surface area contributed by atoms with Gasteiger partial charge in [-0.05, 0) is 18.1 Å². The molecule has 0 saturated carbocycles. The minimum Gasteiger partial charge on any atom is -1.00 e. The predicted octanol–water partition coefficient (Wildman–Crippen LogP) is -0.998. The van der Waals surface area contributed by atoms with E-state index in [2.05, 4.69) is 0 Å². The van der Waals surface area contributed by atoms with Crippen LogP contribution in [0, 0.1) is 0 Å². The molecule has 0 radical (unpaired) electrons. The van der Waals surface area contributed by atoms with E-state index in [-0.39, 0.29) is 35.9 Å². The van der Waals surface area contributed by atoms with Crippen LogP contribution in [0.5, 0.6) is 0 Å². The molecule has 74 valence electrons. The van der Waals surface area contributed by atoms with Crippen LogP contribution >= 0.6 is 0 Å². The van der Waals surface area contributed by atoms with E-state index in [0.29, 0.717) is 12.0 Å². The zero-order chi connectivity index (χ0) is 9.90. The predicted molar refractivity (Wildman–Crippen MR) is 51.4 cm³/mol. The second-order valence-corrected chi connectivity index (χ2v) is 4.22. The van der Waals surface area contributed by atoms with Crippen molar-refractivity contribution >= 4 is 10.1 Å². The Kier molecular flexibility index (Phi) is 5.93. The van der Waals surface area contributed by atoms with Gasteiger partial charge < -0.3 is 1.43 Å². The van der Waals surface area contributed by atoms with Crippen molar-refractivity contribution in [1.29, 1.82) is 0 Å². The van der Waals surface area contributed by atoms with Gasteiger partial charge in [-0.2, -0.15) is 8.42 Å². The first-order chi connectivity index (χ1) is 6.05. The van der Waals surface area contributed by atoms with E-state index < -0.39 is 10.1 Å². The topological polar surface area (TPSA) is 54.4 Å². The van der Waals surface area contributed by atoms with Crippen molar-refractivity contribution in [3.63, 3.8) is 0 Å². The Morgan fingerprint density at radius 1 is 1.36 bits per heavy atom. The van der Waals surface area contributed by atoms with E-state index in [4.69, 9.17) is 4.55 Å². The first-order valence-electron chi connectivity index (χ1n) is 4.11. The summed E-state index contributed by atoms with van der Waals surface area (Å²) in [5, 5.41) is 0. The summed E-state index contributed by atoms with van der Waals surface area (Å²) in [6.45, 7) is 1.96. The zero-order valence-corrected chi connectivity index (χ0v) is 11.2. The average Bonchev–Trinajstić information content (AvgIpc) is 2.04. The van der Waals surface area contributed by atoms with Crippen molar-refractivity contribution in [1.82, 2.24) is 0 Å². The molecule has 0 heterocycles. The van der Waals surface area contributed by atoms with Crippen molar-refractivity contribution in [2.45, 2.75) is 24.7 Å². The molecule has 0 aliphatic heterocycles. The fourth-order valence-corrected chi connectivity index (χ4v) is 1.98. The molecule has 1 N–H and O–H groups in total. The minimum atomic E-state index is -4.06. The number of aryl methyl sites for hydroxylation is 1. The second kappa shape index (κ2) is 5.88. The number of rotatable bonds is 3. The number of hydrogen-bond acceptors (Lipinski definition) is 2. The standard InChI is InChI=1S/C9H12O3S.Na.H/c1-2-5-8-6-3-4-7-9(8)13(10,11)12;;/h3-4,6-7H,2,5H2,1H3,(H,10,11,12);;/q;+1;-1. The van der Waals surface area contributed by atoms with E-state index >= 15 is 0 Å². The third-order valence-electron chi connectivity index (χ3n) is 1.77. The smallest absolute Gasteiger partial charge is 1.00 e. The fourth-order valence-electron chi connectivity index (χ4n) is 1.23. The van der Waals surface area contributed by atoms with Crippen LogP contribution < -0.4 is 29.6 Å². The Morgan fingerprint density at radius 2 is 1.93 bits per heavy atom. The molecule has 0 saturated heterocycles. The molecule has 14 heavy (non-hydrogen) atoms. The summed E-state index contributed by atoms with van der Waals surface area (Å²) < 4.78 is 30.6. The molecule has 0 spiro atoms. The van der Waals surface area contributed by atoms with Crippen molar-refractivity contribution in [3.05, 3.63) is 29.8 Å². The summed E-state index contributed by atoms with van der Waals surface area (Å²) in [5.41, 5.74) is 0.674. The van der Waals surface area contributed by atoms with Gasteiger partial charge in [0.15, 0.2) is 0 Å². The van der Waals surface area contributed by atoms with Gasteiger partial charge in [-0.15, -0.1) is 0 Å². The monoisotopic (exact) mass is 224 g/mol. The Labute approximate surface area is 108 Å². The van der Waals surface area contributed by atoms with Crippen molar-refractivity contribution in [2.24, 2.45) is 0 Å².